The highest BCUT2D eigenvalue weighted by Gasteiger charge is 2.09. The van der Waals surface area contributed by atoms with E-state index in [2.05, 4.69) is 5.10 Å². The van der Waals surface area contributed by atoms with E-state index in [1.54, 1.807) is 35.1 Å². The highest BCUT2D eigenvalue weighted by molar-refractivity contribution is 6.30. The van der Waals surface area contributed by atoms with Crippen LogP contribution in [0.2, 0.25) is 5.02 Å². The van der Waals surface area contributed by atoms with E-state index >= 15 is 0 Å². The van der Waals surface area contributed by atoms with Crippen molar-refractivity contribution < 1.29 is 9.90 Å². The minimum absolute atomic E-state index is 0.286. The summed E-state index contributed by atoms with van der Waals surface area (Å²) >= 11 is 5.73. The third-order valence-corrected chi connectivity index (χ3v) is 2.38. The van der Waals surface area contributed by atoms with Gasteiger partial charge >= 0.3 is 5.97 Å². The van der Waals surface area contributed by atoms with Gasteiger partial charge in [-0.3, -0.25) is 4.68 Å². The predicted octanol–water partition coefficient (Wildman–Crippen LogP) is 2.28. The Morgan fingerprint density at radius 2 is 2.19 bits per heavy atom. The van der Waals surface area contributed by atoms with E-state index in [0.29, 0.717) is 17.1 Å². The molecule has 16 heavy (non-hydrogen) atoms. The Bertz CT molecular complexity index is 522. The summed E-state index contributed by atoms with van der Waals surface area (Å²) in [5.74, 6) is -0.936. The molecule has 0 fully saturated rings. The first-order chi connectivity index (χ1) is 7.66. The number of hydrogen-bond acceptors (Lipinski definition) is 2. The molecule has 0 saturated carbocycles. The van der Waals surface area contributed by atoms with Gasteiger partial charge in [0.15, 0.2) is 0 Å². The van der Waals surface area contributed by atoms with Gasteiger partial charge in [-0.2, -0.15) is 5.10 Å². The topological polar surface area (TPSA) is 55.1 Å². The average molecular weight is 237 g/mol. The van der Waals surface area contributed by atoms with Crippen LogP contribution in [0.5, 0.6) is 0 Å². The molecular formula is C11H9ClN2O2. The van der Waals surface area contributed by atoms with Crippen molar-refractivity contribution in [2.45, 2.75) is 6.54 Å². The second-order valence-electron chi connectivity index (χ2n) is 3.32. The normalized spacial score (nSPS) is 10.3. The van der Waals surface area contributed by atoms with Crippen LogP contribution in [-0.2, 0) is 6.54 Å². The molecule has 0 atom stereocenters. The van der Waals surface area contributed by atoms with E-state index in [0.717, 1.165) is 0 Å². The Labute approximate surface area is 97.1 Å². The zero-order valence-electron chi connectivity index (χ0n) is 8.30. The molecule has 0 unspecified atom stereocenters. The van der Waals surface area contributed by atoms with Crippen LogP contribution in [0, 0.1) is 0 Å². The van der Waals surface area contributed by atoms with Gasteiger partial charge in [0.05, 0.1) is 23.3 Å². The van der Waals surface area contributed by atoms with Crippen molar-refractivity contribution in [3.63, 3.8) is 0 Å². The Morgan fingerprint density at radius 1 is 1.44 bits per heavy atom. The lowest BCUT2D eigenvalue weighted by Crippen LogP contribution is -2.07. The van der Waals surface area contributed by atoms with Crippen LogP contribution in [-0.4, -0.2) is 20.9 Å². The molecule has 0 saturated heterocycles. The van der Waals surface area contributed by atoms with Gasteiger partial charge in [0.25, 0.3) is 0 Å². The highest BCUT2D eigenvalue weighted by Crippen LogP contribution is 2.12. The fraction of sp³-hybridized carbons (Fsp3) is 0.0909. The number of aromatic nitrogens is 2. The quantitative estimate of drug-likeness (QED) is 0.890. The van der Waals surface area contributed by atoms with Crippen LogP contribution < -0.4 is 0 Å². The Balaban J connectivity index is 2.31. The van der Waals surface area contributed by atoms with Crippen molar-refractivity contribution >= 4 is 17.6 Å². The fourth-order valence-corrected chi connectivity index (χ4v) is 1.62. The number of carboxylic acid groups (broad SMARTS) is 1. The number of benzene rings is 1. The second kappa shape index (κ2) is 4.37. The molecule has 0 radical (unpaired) electrons. The molecule has 0 aliphatic carbocycles. The molecular weight excluding hydrogens is 228 g/mol. The Hall–Kier alpha value is -1.81. The largest absolute Gasteiger partial charge is 0.478 e. The van der Waals surface area contributed by atoms with Crippen molar-refractivity contribution in [3.8, 4) is 0 Å². The molecule has 0 bridgehead atoms. The second-order valence-corrected chi connectivity index (χ2v) is 3.75. The molecule has 1 aromatic carbocycles. The fourth-order valence-electron chi connectivity index (χ4n) is 1.47. The molecule has 0 spiro atoms. The summed E-state index contributed by atoms with van der Waals surface area (Å²) in [6, 6.07) is 6.83. The van der Waals surface area contributed by atoms with Crippen molar-refractivity contribution in [2.24, 2.45) is 0 Å². The van der Waals surface area contributed by atoms with E-state index in [-0.39, 0.29) is 5.56 Å². The number of hydrogen-bond donors (Lipinski definition) is 1. The van der Waals surface area contributed by atoms with Crippen LogP contribution in [0.4, 0.5) is 0 Å². The zero-order chi connectivity index (χ0) is 11.5. The molecule has 0 aliphatic heterocycles. The lowest BCUT2D eigenvalue weighted by Gasteiger charge is -2.05. The maximum absolute atomic E-state index is 11.0. The summed E-state index contributed by atoms with van der Waals surface area (Å²) in [6.45, 7) is 0.398. The number of carboxylic acids is 1. The van der Waals surface area contributed by atoms with Gasteiger partial charge < -0.3 is 5.11 Å². The van der Waals surface area contributed by atoms with Crippen LogP contribution in [0.25, 0.3) is 0 Å². The number of rotatable bonds is 3. The van der Waals surface area contributed by atoms with Gasteiger partial charge in [-0.05, 0) is 11.6 Å². The Morgan fingerprint density at radius 3 is 2.81 bits per heavy atom. The molecule has 4 nitrogen and oxygen atoms in total. The minimum atomic E-state index is -0.936. The third kappa shape index (κ3) is 2.23. The van der Waals surface area contributed by atoms with Crippen molar-refractivity contribution in [2.75, 3.05) is 0 Å². The van der Waals surface area contributed by atoms with E-state index in [4.69, 9.17) is 16.7 Å². The minimum Gasteiger partial charge on any atom is -0.478 e. The Kier molecular flexibility index (Phi) is 2.92. The van der Waals surface area contributed by atoms with Gasteiger partial charge in [-0.25, -0.2) is 4.79 Å². The number of aromatic carboxylic acids is 1. The first-order valence-electron chi connectivity index (χ1n) is 4.66. The smallest absolute Gasteiger partial charge is 0.336 e. The summed E-state index contributed by atoms with van der Waals surface area (Å²) in [4.78, 5) is 11.0. The number of carbonyl (C=O) groups is 1. The van der Waals surface area contributed by atoms with Crippen molar-refractivity contribution in [1.82, 2.24) is 9.78 Å². The predicted molar refractivity (Wildman–Crippen MR) is 59.7 cm³/mol. The van der Waals surface area contributed by atoms with Crippen LogP contribution in [0.1, 0.15) is 15.9 Å². The maximum atomic E-state index is 11.0. The molecule has 82 valence electrons. The van der Waals surface area contributed by atoms with E-state index in [1.165, 1.54) is 6.20 Å². The lowest BCUT2D eigenvalue weighted by molar-refractivity contribution is 0.0695. The van der Waals surface area contributed by atoms with Crippen LogP contribution in [0.3, 0.4) is 0 Å². The molecule has 2 rings (SSSR count). The molecule has 1 N–H and O–H groups in total. The van der Waals surface area contributed by atoms with Gasteiger partial charge in [0.2, 0.25) is 0 Å². The molecule has 1 heterocycles. The monoisotopic (exact) mass is 236 g/mol. The van der Waals surface area contributed by atoms with Gasteiger partial charge in [-0.15, -0.1) is 0 Å². The van der Waals surface area contributed by atoms with Gasteiger partial charge in [0.1, 0.15) is 0 Å². The molecule has 0 amide bonds. The highest BCUT2D eigenvalue weighted by atomic mass is 35.5. The van der Waals surface area contributed by atoms with Crippen LogP contribution >= 0.6 is 11.6 Å². The maximum Gasteiger partial charge on any atom is 0.336 e. The van der Waals surface area contributed by atoms with E-state index < -0.39 is 5.97 Å². The lowest BCUT2D eigenvalue weighted by atomic mass is 10.1. The number of nitrogens with zero attached hydrogens (tertiary/aromatic N) is 2. The first kappa shape index (κ1) is 10.7. The molecule has 0 aliphatic rings. The van der Waals surface area contributed by atoms with E-state index in [1.807, 2.05) is 0 Å². The summed E-state index contributed by atoms with van der Waals surface area (Å²) < 4.78 is 1.60. The number of halogens is 1. The average Bonchev–Trinajstić information content (AvgIpc) is 2.64. The summed E-state index contributed by atoms with van der Waals surface area (Å²) in [5, 5.41) is 13.5. The first-order valence-corrected chi connectivity index (χ1v) is 5.04. The van der Waals surface area contributed by atoms with Crippen molar-refractivity contribution in [1.29, 1.82) is 0 Å². The summed E-state index contributed by atoms with van der Waals surface area (Å²) in [7, 11) is 0. The van der Waals surface area contributed by atoms with Gasteiger partial charge in [-0.1, -0.05) is 29.8 Å². The summed E-state index contributed by atoms with van der Waals surface area (Å²) in [5.41, 5.74) is 0.990. The van der Waals surface area contributed by atoms with Gasteiger partial charge in [0, 0.05) is 6.20 Å². The SMILES string of the molecule is O=C(O)c1ccccc1Cn1cc(Cl)cn1. The zero-order valence-corrected chi connectivity index (χ0v) is 9.05. The van der Waals surface area contributed by atoms with Crippen molar-refractivity contribution in [3.05, 3.63) is 52.8 Å². The van der Waals surface area contributed by atoms with E-state index in [9.17, 15) is 4.79 Å². The third-order valence-electron chi connectivity index (χ3n) is 2.18. The molecule has 5 heteroatoms. The van der Waals surface area contributed by atoms with Crippen LogP contribution in [0.15, 0.2) is 36.7 Å². The summed E-state index contributed by atoms with van der Waals surface area (Å²) in [6.07, 6.45) is 3.17. The molecule has 2 aromatic rings. The standard InChI is InChI=1S/C11H9ClN2O2/c12-9-5-13-14(7-9)6-8-3-1-2-4-10(8)11(15)16/h1-5,7H,6H2,(H,15,16). The molecule has 1 aromatic heterocycles.